The number of ether oxygens (including phenoxy) is 3. The summed E-state index contributed by atoms with van der Waals surface area (Å²) in [6.45, 7) is 2.32. The molecule has 1 aromatic heterocycles. The molecule has 0 saturated heterocycles. The van der Waals surface area contributed by atoms with Crippen molar-refractivity contribution in [3.8, 4) is 17.2 Å². The van der Waals surface area contributed by atoms with Gasteiger partial charge in [-0.1, -0.05) is 6.08 Å². The molecule has 0 aliphatic rings. The standard InChI is InChI=1S/C17H18N2O6/c1-4-25-15-12(23-2)7-10(8-13(15)24-3)5-6-14-18-9-11(17(21)22)16(20)19-14/h5-9H,4H2,1-3H3,(H,21,22)(H,18,19,20)/b6-5+. The van der Waals surface area contributed by atoms with Gasteiger partial charge in [-0.2, -0.15) is 0 Å². The van der Waals surface area contributed by atoms with Crippen molar-refractivity contribution in [2.75, 3.05) is 20.8 Å². The SMILES string of the molecule is CCOc1c(OC)cc(/C=C/c2ncc(C(=O)O)c(=O)[nH]2)cc1OC. The molecule has 1 aromatic carbocycles. The van der Waals surface area contributed by atoms with E-state index in [4.69, 9.17) is 19.3 Å². The topological polar surface area (TPSA) is 111 Å². The number of aromatic nitrogens is 2. The second-order valence-electron chi connectivity index (χ2n) is 4.84. The molecule has 1 heterocycles. The highest BCUT2D eigenvalue weighted by Crippen LogP contribution is 2.38. The molecule has 0 fully saturated rings. The van der Waals surface area contributed by atoms with Crippen LogP contribution in [0.2, 0.25) is 0 Å². The number of carboxylic acid groups (broad SMARTS) is 1. The molecule has 0 aliphatic heterocycles. The number of aromatic carboxylic acids is 1. The predicted molar refractivity (Wildman–Crippen MR) is 91.5 cm³/mol. The molecule has 132 valence electrons. The van der Waals surface area contributed by atoms with Crippen LogP contribution >= 0.6 is 0 Å². The minimum absolute atomic E-state index is 0.224. The number of benzene rings is 1. The van der Waals surface area contributed by atoms with Crippen molar-refractivity contribution in [3.05, 3.63) is 45.6 Å². The van der Waals surface area contributed by atoms with E-state index in [0.717, 1.165) is 11.8 Å². The Morgan fingerprint density at radius 3 is 2.36 bits per heavy atom. The summed E-state index contributed by atoms with van der Waals surface area (Å²) in [5, 5.41) is 8.83. The maximum Gasteiger partial charge on any atom is 0.342 e. The third kappa shape index (κ3) is 4.17. The van der Waals surface area contributed by atoms with Gasteiger partial charge < -0.3 is 24.3 Å². The summed E-state index contributed by atoms with van der Waals surface area (Å²) in [5.74, 6) is 0.404. The largest absolute Gasteiger partial charge is 0.493 e. The first-order valence-electron chi connectivity index (χ1n) is 7.39. The van der Waals surface area contributed by atoms with Crippen LogP contribution in [0.4, 0.5) is 0 Å². The Labute approximate surface area is 143 Å². The minimum atomic E-state index is -1.33. The Morgan fingerprint density at radius 2 is 1.88 bits per heavy atom. The number of H-pyrrole nitrogens is 1. The molecule has 2 aromatic rings. The molecule has 0 spiro atoms. The Bertz CT molecular complexity index is 831. The van der Waals surface area contributed by atoms with E-state index in [9.17, 15) is 9.59 Å². The highest BCUT2D eigenvalue weighted by atomic mass is 16.5. The lowest BCUT2D eigenvalue weighted by Gasteiger charge is -2.14. The lowest BCUT2D eigenvalue weighted by Crippen LogP contribution is -2.18. The van der Waals surface area contributed by atoms with Crippen LogP contribution in [-0.2, 0) is 0 Å². The average Bonchev–Trinajstić information content (AvgIpc) is 2.60. The van der Waals surface area contributed by atoms with Crippen molar-refractivity contribution in [2.45, 2.75) is 6.92 Å². The smallest absolute Gasteiger partial charge is 0.342 e. The first-order valence-corrected chi connectivity index (χ1v) is 7.39. The van der Waals surface area contributed by atoms with Crippen molar-refractivity contribution >= 4 is 18.1 Å². The van der Waals surface area contributed by atoms with Gasteiger partial charge in [0.05, 0.1) is 20.8 Å². The zero-order valence-corrected chi connectivity index (χ0v) is 14.0. The lowest BCUT2D eigenvalue weighted by atomic mass is 10.1. The maximum absolute atomic E-state index is 11.6. The van der Waals surface area contributed by atoms with Gasteiger partial charge in [0.15, 0.2) is 11.5 Å². The molecule has 2 N–H and O–H groups in total. The quantitative estimate of drug-likeness (QED) is 0.789. The summed E-state index contributed by atoms with van der Waals surface area (Å²) in [6.07, 6.45) is 4.24. The summed E-state index contributed by atoms with van der Waals surface area (Å²) in [4.78, 5) is 28.8. The zero-order chi connectivity index (χ0) is 18.4. The molecule has 0 saturated carbocycles. The Hall–Kier alpha value is -3.29. The lowest BCUT2D eigenvalue weighted by molar-refractivity contribution is 0.0694. The molecule has 0 unspecified atom stereocenters. The fourth-order valence-corrected chi connectivity index (χ4v) is 2.10. The van der Waals surface area contributed by atoms with E-state index in [-0.39, 0.29) is 5.82 Å². The summed E-state index contributed by atoms with van der Waals surface area (Å²) >= 11 is 0. The first-order chi connectivity index (χ1) is 12.0. The molecule has 25 heavy (non-hydrogen) atoms. The minimum Gasteiger partial charge on any atom is -0.493 e. The Kier molecular flexibility index (Phi) is 5.78. The molecule has 0 amide bonds. The van der Waals surface area contributed by atoms with Gasteiger partial charge >= 0.3 is 5.97 Å². The van der Waals surface area contributed by atoms with Crippen molar-refractivity contribution in [1.82, 2.24) is 9.97 Å². The van der Waals surface area contributed by atoms with Crippen molar-refractivity contribution < 1.29 is 24.1 Å². The molecule has 0 bridgehead atoms. The Morgan fingerprint density at radius 1 is 1.24 bits per heavy atom. The molecular weight excluding hydrogens is 328 g/mol. The zero-order valence-electron chi connectivity index (χ0n) is 14.0. The number of nitrogens with zero attached hydrogens (tertiary/aromatic N) is 1. The van der Waals surface area contributed by atoms with Crippen LogP contribution in [0, 0.1) is 0 Å². The fraction of sp³-hybridized carbons (Fsp3) is 0.235. The van der Waals surface area contributed by atoms with Gasteiger partial charge in [0.2, 0.25) is 5.75 Å². The molecule has 0 aliphatic carbocycles. The Balaban J connectivity index is 2.36. The van der Waals surface area contributed by atoms with E-state index >= 15 is 0 Å². The molecule has 2 rings (SSSR count). The van der Waals surface area contributed by atoms with Crippen LogP contribution in [-0.4, -0.2) is 41.9 Å². The number of carbonyl (C=O) groups is 1. The van der Waals surface area contributed by atoms with Gasteiger partial charge in [-0.3, -0.25) is 4.79 Å². The van der Waals surface area contributed by atoms with Crippen LogP contribution < -0.4 is 19.8 Å². The summed E-state index contributed by atoms with van der Waals surface area (Å²) in [7, 11) is 3.04. The molecule has 8 nitrogen and oxygen atoms in total. The van der Waals surface area contributed by atoms with E-state index in [1.165, 1.54) is 14.2 Å². The number of hydrogen-bond donors (Lipinski definition) is 2. The maximum atomic E-state index is 11.6. The predicted octanol–water partition coefficient (Wildman–Crippen LogP) is 2.05. The highest BCUT2D eigenvalue weighted by Gasteiger charge is 2.13. The molecular formula is C17H18N2O6. The second-order valence-corrected chi connectivity index (χ2v) is 4.84. The van der Waals surface area contributed by atoms with Gasteiger partial charge in [-0.25, -0.2) is 9.78 Å². The number of methoxy groups -OCH3 is 2. The van der Waals surface area contributed by atoms with Gasteiger partial charge in [-0.05, 0) is 30.7 Å². The summed E-state index contributed by atoms with van der Waals surface area (Å²) in [6, 6.07) is 3.49. The third-order valence-electron chi connectivity index (χ3n) is 3.25. The van der Waals surface area contributed by atoms with E-state index in [1.807, 2.05) is 6.92 Å². The summed E-state index contributed by atoms with van der Waals surface area (Å²) in [5.41, 5.74) is -0.410. The highest BCUT2D eigenvalue weighted by molar-refractivity contribution is 5.86. The number of rotatable bonds is 7. The fourth-order valence-electron chi connectivity index (χ4n) is 2.10. The van der Waals surface area contributed by atoms with Crippen LogP contribution in [0.25, 0.3) is 12.2 Å². The van der Waals surface area contributed by atoms with Crippen LogP contribution in [0.3, 0.4) is 0 Å². The van der Waals surface area contributed by atoms with E-state index in [2.05, 4.69) is 9.97 Å². The molecule has 0 atom stereocenters. The van der Waals surface area contributed by atoms with Gasteiger partial charge in [0.25, 0.3) is 5.56 Å². The van der Waals surface area contributed by atoms with Gasteiger partial charge in [0.1, 0.15) is 11.4 Å². The third-order valence-corrected chi connectivity index (χ3v) is 3.25. The number of nitrogens with one attached hydrogen (secondary N) is 1. The number of hydrogen-bond acceptors (Lipinski definition) is 6. The molecule has 0 radical (unpaired) electrons. The summed E-state index contributed by atoms with van der Waals surface area (Å²) < 4.78 is 16.2. The monoisotopic (exact) mass is 346 g/mol. The van der Waals surface area contributed by atoms with Crippen LogP contribution in [0.15, 0.2) is 23.1 Å². The normalized spacial score (nSPS) is 10.7. The van der Waals surface area contributed by atoms with E-state index < -0.39 is 17.1 Å². The van der Waals surface area contributed by atoms with E-state index in [0.29, 0.717) is 23.9 Å². The van der Waals surface area contributed by atoms with Gasteiger partial charge in [-0.15, -0.1) is 0 Å². The second kappa shape index (κ2) is 8.00. The van der Waals surface area contributed by atoms with Crippen LogP contribution in [0.5, 0.6) is 17.2 Å². The number of aromatic amines is 1. The van der Waals surface area contributed by atoms with E-state index in [1.54, 1.807) is 24.3 Å². The van der Waals surface area contributed by atoms with Gasteiger partial charge in [0, 0.05) is 6.20 Å². The number of carboxylic acids is 1. The van der Waals surface area contributed by atoms with Crippen molar-refractivity contribution in [2.24, 2.45) is 0 Å². The van der Waals surface area contributed by atoms with Crippen molar-refractivity contribution in [1.29, 1.82) is 0 Å². The molecule has 8 heteroatoms. The van der Waals surface area contributed by atoms with Crippen molar-refractivity contribution in [3.63, 3.8) is 0 Å². The van der Waals surface area contributed by atoms with Crippen LogP contribution in [0.1, 0.15) is 28.7 Å². The first kappa shape index (κ1) is 18.1. The average molecular weight is 346 g/mol.